The smallest absolute Gasteiger partial charge is 0.251 e. The van der Waals surface area contributed by atoms with Crippen molar-refractivity contribution in [2.75, 3.05) is 0 Å². The Hall–Kier alpha value is -2.75. The molecule has 0 radical (unpaired) electrons. The molecule has 1 N–H and O–H groups in total. The van der Waals surface area contributed by atoms with Crippen LogP contribution in [0.3, 0.4) is 0 Å². The molecule has 0 unspecified atom stereocenters. The third kappa shape index (κ3) is 2.75. The summed E-state index contributed by atoms with van der Waals surface area (Å²) in [5.74, 6) is -0.0787. The maximum atomic E-state index is 12.8. The van der Waals surface area contributed by atoms with Crippen molar-refractivity contribution in [1.82, 2.24) is 5.32 Å². The van der Waals surface area contributed by atoms with Gasteiger partial charge in [-0.3, -0.25) is 14.4 Å². The molecule has 0 heterocycles. The Morgan fingerprint density at radius 1 is 0.885 bits per heavy atom. The average molecular weight is 347 g/mol. The summed E-state index contributed by atoms with van der Waals surface area (Å²) in [6.07, 6.45) is 4.45. The second-order valence-corrected chi connectivity index (χ2v) is 7.31. The maximum Gasteiger partial charge on any atom is 0.251 e. The highest BCUT2D eigenvalue weighted by Gasteiger charge is 2.30. The molecule has 0 saturated heterocycles. The molecule has 1 fully saturated rings. The largest absolute Gasteiger partial charge is 0.349 e. The van der Waals surface area contributed by atoms with Gasteiger partial charge in [-0.1, -0.05) is 44.0 Å². The van der Waals surface area contributed by atoms with E-state index in [1.807, 2.05) is 0 Å². The van der Waals surface area contributed by atoms with Crippen LogP contribution in [0, 0.1) is 5.92 Å². The van der Waals surface area contributed by atoms with Gasteiger partial charge < -0.3 is 5.32 Å². The Labute approximate surface area is 152 Å². The van der Waals surface area contributed by atoms with Gasteiger partial charge in [0.05, 0.1) is 0 Å². The van der Waals surface area contributed by atoms with Crippen LogP contribution in [0.5, 0.6) is 0 Å². The highest BCUT2D eigenvalue weighted by molar-refractivity contribution is 6.28. The second kappa shape index (κ2) is 6.52. The molecular formula is C22H21NO3. The van der Waals surface area contributed by atoms with Crippen molar-refractivity contribution in [3.63, 3.8) is 0 Å². The fourth-order valence-electron chi connectivity index (χ4n) is 4.02. The molecule has 2 aliphatic carbocycles. The minimum absolute atomic E-state index is 0.164. The molecule has 0 aromatic heterocycles. The SMILES string of the molecule is C[C@@H]1CCCC[C@@H]1NC(=O)c1ccc2c(c1)C(=O)c1ccccc1C2=O. The summed E-state index contributed by atoms with van der Waals surface area (Å²) in [7, 11) is 0. The zero-order chi connectivity index (χ0) is 18.3. The summed E-state index contributed by atoms with van der Waals surface area (Å²) < 4.78 is 0. The topological polar surface area (TPSA) is 63.2 Å². The summed E-state index contributed by atoms with van der Waals surface area (Å²) in [6.45, 7) is 2.16. The first kappa shape index (κ1) is 16.7. The van der Waals surface area contributed by atoms with Gasteiger partial charge in [0.25, 0.3) is 5.91 Å². The number of nitrogens with one attached hydrogen (secondary N) is 1. The van der Waals surface area contributed by atoms with Crippen molar-refractivity contribution in [3.05, 3.63) is 70.3 Å². The van der Waals surface area contributed by atoms with Crippen LogP contribution >= 0.6 is 0 Å². The van der Waals surface area contributed by atoms with Crippen molar-refractivity contribution in [1.29, 1.82) is 0 Å². The van der Waals surface area contributed by atoms with Gasteiger partial charge in [-0.15, -0.1) is 0 Å². The van der Waals surface area contributed by atoms with E-state index in [2.05, 4.69) is 12.2 Å². The number of carbonyl (C=O) groups excluding carboxylic acids is 3. The molecule has 2 aromatic rings. The number of rotatable bonds is 2. The summed E-state index contributed by atoms with van der Waals surface area (Å²) >= 11 is 0. The number of hydrogen-bond acceptors (Lipinski definition) is 3. The summed E-state index contributed by atoms with van der Waals surface area (Å²) in [5, 5.41) is 3.10. The van der Waals surface area contributed by atoms with Gasteiger partial charge in [0, 0.05) is 33.9 Å². The van der Waals surface area contributed by atoms with Crippen LogP contribution in [0.1, 0.15) is 74.8 Å². The minimum Gasteiger partial charge on any atom is -0.349 e. The third-order valence-corrected chi connectivity index (χ3v) is 5.62. The molecule has 0 spiro atoms. The van der Waals surface area contributed by atoms with Gasteiger partial charge in [0.1, 0.15) is 0 Å². The van der Waals surface area contributed by atoms with Crippen molar-refractivity contribution < 1.29 is 14.4 Å². The monoisotopic (exact) mass is 347 g/mol. The van der Waals surface area contributed by atoms with E-state index in [0.717, 1.165) is 19.3 Å². The molecule has 4 rings (SSSR count). The normalized spacial score (nSPS) is 21.7. The third-order valence-electron chi connectivity index (χ3n) is 5.62. The van der Waals surface area contributed by atoms with Crippen molar-refractivity contribution in [3.8, 4) is 0 Å². The number of fused-ring (bicyclic) bond motifs is 2. The van der Waals surface area contributed by atoms with Crippen molar-refractivity contribution in [2.45, 2.75) is 38.6 Å². The highest BCUT2D eigenvalue weighted by Crippen LogP contribution is 2.28. The van der Waals surface area contributed by atoms with Crippen LogP contribution in [0.25, 0.3) is 0 Å². The van der Waals surface area contributed by atoms with E-state index < -0.39 is 0 Å². The number of carbonyl (C=O) groups is 3. The van der Waals surface area contributed by atoms with E-state index in [1.54, 1.807) is 42.5 Å². The fourth-order valence-corrected chi connectivity index (χ4v) is 4.02. The Morgan fingerprint density at radius 3 is 2.19 bits per heavy atom. The molecule has 1 amide bonds. The molecule has 2 aliphatic rings. The van der Waals surface area contributed by atoms with E-state index in [1.165, 1.54) is 6.42 Å². The molecule has 2 atom stereocenters. The minimum atomic E-state index is -0.198. The van der Waals surface area contributed by atoms with E-state index in [9.17, 15) is 14.4 Å². The highest BCUT2D eigenvalue weighted by atomic mass is 16.2. The molecular weight excluding hydrogens is 326 g/mol. The lowest BCUT2D eigenvalue weighted by Gasteiger charge is -2.29. The Bertz CT molecular complexity index is 915. The van der Waals surface area contributed by atoms with Gasteiger partial charge in [0.2, 0.25) is 0 Å². The van der Waals surface area contributed by atoms with E-state index in [0.29, 0.717) is 33.7 Å². The predicted octanol–water partition coefficient (Wildman–Crippen LogP) is 3.77. The first-order valence-corrected chi connectivity index (χ1v) is 9.19. The van der Waals surface area contributed by atoms with Crippen LogP contribution in [0.15, 0.2) is 42.5 Å². The Balaban J connectivity index is 1.64. The predicted molar refractivity (Wildman–Crippen MR) is 98.6 cm³/mol. The standard InChI is InChI=1S/C22H21NO3/c1-13-6-2-5-9-19(13)23-22(26)14-10-11-17-18(12-14)21(25)16-8-4-3-7-15(16)20(17)24/h3-4,7-8,10-13,19H,2,5-6,9H2,1H3,(H,23,26)/t13-,19+/m1/s1. The van der Waals surface area contributed by atoms with Crippen molar-refractivity contribution in [2.24, 2.45) is 5.92 Å². The molecule has 4 nitrogen and oxygen atoms in total. The van der Waals surface area contributed by atoms with Gasteiger partial charge >= 0.3 is 0 Å². The van der Waals surface area contributed by atoms with Gasteiger partial charge in [-0.2, -0.15) is 0 Å². The first-order valence-electron chi connectivity index (χ1n) is 9.19. The van der Waals surface area contributed by atoms with E-state index in [4.69, 9.17) is 0 Å². The van der Waals surface area contributed by atoms with E-state index >= 15 is 0 Å². The maximum absolute atomic E-state index is 12.8. The lowest BCUT2D eigenvalue weighted by Crippen LogP contribution is -2.41. The number of benzene rings is 2. The number of ketones is 2. The van der Waals surface area contributed by atoms with Gasteiger partial charge in [0.15, 0.2) is 11.6 Å². The zero-order valence-electron chi connectivity index (χ0n) is 14.7. The van der Waals surface area contributed by atoms with Crippen LogP contribution < -0.4 is 5.32 Å². The number of hydrogen-bond donors (Lipinski definition) is 1. The fraction of sp³-hybridized carbons (Fsp3) is 0.318. The van der Waals surface area contributed by atoms with Crippen LogP contribution in [-0.4, -0.2) is 23.5 Å². The number of amides is 1. The molecule has 0 aliphatic heterocycles. The Morgan fingerprint density at radius 2 is 1.50 bits per heavy atom. The molecule has 132 valence electrons. The van der Waals surface area contributed by atoms with Gasteiger partial charge in [-0.05, 0) is 37.0 Å². The quantitative estimate of drug-likeness (QED) is 0.767. The second-order valence-electron chi connectivity index (χ2n) is 7.31. The Kier molecular flexibility index (Phi) is 4.19. The molecule has 4 heteroatoms. The molecule has 0 bridgehead atoms. The first-order chi connectivity index (χ1) is 12.6. The summed E-state index contributed by atoms with van der Waals surface area (Å²) in [4.78, 5) is 38.1. The van der Waals surface area contributed by atoms with Gasteiger partial charge in [-0.25, -0.2) is 0 Å². The summed E-state index contributed by atoms with van der Waals surface area (Å²) in [5.41, 5.74) is 1.96. The van der Waals surface area contributed by atoms with E-state index in [-0.39, 0.29) is 23.5 Å². The molecule has 2 aromatic carbocycles. The molecule has 26 heavy (non-hydrogen) atoms. The molecule has 1 saturated carbocycles. The zero-order valence-corrected chi connectivity index (χ0v) is 14.7. The average Bonchev–Trinajstić information content (AvgIpc) is 2.67. The van der Waals surface area contributed by atoms with Crippen molar-refractivity contribution >= 4 is 17.5 Å². The lowest BCUT2D eigenvalue weighted by molar-refractivity contribution is 0.0909. The van der Waals surface area contributed by atoms with Crippen LogP contribution in [-0.2, 0) is 0 Å². The lowest BCUT2D eigenvalue weighted by atomic mass is 9.83. The summed E-state index contributed by atoms with van der Waals surface area (Å²) in [6, 6.07) is 11.8. The van der Waals surface area contributed by atoms with Crippen LogP contribution in [0.2, 0.25) is 0 Å². The van der Waals surface area contributed by atoms with Crippen LogP contribution in [0.4, 0.5) is 0 Å².